The van der Waals surface area contributed by atoms with E-state index in [9.17, 15) is 5.26 Å². The third-order valence-electron chi connectivity index (χ3n) is 10.5. The molecule has 4 aromatic carbocycles. The smallest absolute Gasteiger partial charge is 0.116 e. The van der Waals surface area contributed by atoms with Crippen LogP contribution in [-0.2, 0) is 0 Å². The highest BCUT2D eigenvalue weighted by molar-refractivity contribution is 6.34. The van der Waals surface area contributed by atoms with Crippen LogP contribution in [0.25, 0.3) is 22.3 Å². The van der Waals surface area contributed by atoms with Gasteiger partial charge in [-0.1, -0.05) is 119 Å². The lowest BCUT2D eigenvalue weighted by atomic mass is 9.82. The second-order valence-electron chi connectivity index (χ2n) is 14.3. The Labute approximate surface area is 315 Å². The predicted octanol–water partition coefficient (Wildman–Crippen LogP) is 8.98. The lowest BCUT2D eigenvalue weighted by Gasteiger charge is -2.18. The predicted molar refractivity (Wildman–Crippen MR) is 221 cm³/mol. The maximum atomic E-state index is 11.1. The van der Waals surface area contributed by atoms with Crippen LogP contribution in [0.1, 0.15) is 44.5 Å². The number of H-pyrrole nitrogens is 1. The highest BCUT2D eigenvalue weighted by atomic mass is 14.8. The first-order valence-electron chi connectivity index (χ1n) is 18.3. The minimum atomic E-state index is -0.657. The van der Waals surface area contributed by atoms with E-state index in [1.54, 1.807) is 0 Å². The van der Waals surface area contributed by atoms with Crippen LogP contribution in [0.5, 0.6) is 0 Å². The third-order valence-corrected chi connectivity index (χ3v) is 10.5. The molecule has 5 heterocycles. The van der Waals surface area contributed by atoms with E-state index in [1.165, 1.54) is 11.1 Å². The lowest BCUT2D eigenvalue weighted by Crippen LogP contribution is -2.21. The Kier molecular flexibility index (Phi) is 8.09. The fourth-order valence-corrected chi connectivity index (χ4v) is 7.60. The Morgan fingerprint density at radius 3 is 1.30 bits per heavy atom. The van der Waals surface area contributed by atoms with Gasteiger partial charge in [-0.05, 0) is 86.4 Å². The molecule has 54 heavy (non-hydrogen) atoms. The number of allylic oxidation sites excluding steroid dienone is 7. The van der Waals surface area contributed by atoms with Crippen molar-refractivity contribution in [1.29, 1.82) is 5.26 Å². The van der Waals surface area contributed by atoms with Gasteiger partial charge in [-0.15, -0.1) is 0 Å². The lowest BCUT2D eigenvalue weighted by molar-refractivity contribution is 1.11. The summed E-state index contributed by atoms with van der Waals surface area (Å²) in [6.07, 6.45) is 10.2. The molecule has 1 unspecified atom stereocenters. The molecular weight excluding hydrogens is 659 g/mol. The quantitative estimate of drug-likeness (QED) is 0.200. The summed E-state index contributed by atoms with van der Waals surface area (Å²) in [6.45, 7) is 8.37. The largest absolute Gasteiger partial charge is 0.354 e. The van der Waals surface area contributed by atoms with Crippen LogP contribution in [0.2, 0.25) is 0 Å². The Bertz CT molecular complexity index is 2610. The van der Waals surface area contributed by atoms with Crippen LogP contribution in [-0.4, -0.2) is 22.1 Å². The van der Waals surface area contributed by atoms with Crippen LogP contribution in [0.15, 0.2) is 172 Å². The Balaban J connectivity index is 1.41. The van der Waals surface area contributed by atoms with Crippen molar-refractivity contribution in [2.45, 2.75) is 27.7 Å². The number of benzene rings is 4. The molecule has 0 aliphatic carbocycles. The maximum absolute atomic E-state index is 11.1. The molecule has 0 radical (unpaired) electrons. The second kappa shape index (κ2) is 13.3. The Hall–Kier alpha value is -6.90. The number of aliphatic imine (C=N–C) groups is 3. The number of aryl methyl sites for hydroxylation is 4. The van der Waals surface area contributed by atoms with E-state index in [1.807, 2.05) is 6.20 Å². The summed E-state index contributed by atoms with van der Waals surface area (Å²) in [7, 11) is 0. The van der Waals surface area contributed by atoms with E-state index in [-0.39, 0.29) is 0 Å². The number of hydrogen-bond acceptors (Lipinski definition) is 4. The Morgan fingerprint density at radius 2 is 0.870 bits per heavy atom. The molecule has 0 spiro atoms. The van der Waals surface area contributed by atoms with Crippen molar-refractivity contribution in [1.82, 2.24) is 4.98 Å². The highest BCUT2D eigenvalue weighted by Gasteiger charge is 2.34. The van der Waals surface area contributed by atoms with Gasteiger partial charge >= 0.3 is 0 Å². The standard InChI is InChI=1S/C49H37N5/c1-29-5-13-33(14-6-29)45-38-28-51-49(37(38)27-50)48(36-19-11-32(4)12-20-36)44-26-25-43(54-44)47(35-17-9-31(3)10-18-35)42-24-23-41(53-42)46(40-22-21-39(45)52-40)34-15-7-30(2)8-16-34/h5-26,28,37,53H,1-4H3. The zero-order valence-corrected chi connectivity index (χ0v) is 30.6. The first-order valence-corrected chi connectivity index (χ1v) is 18.3. The van der Waals surface area contributed by atoms with Crippen LogP contribution < -0.4 is 10.7 Å². The first-order chi connectivity index (χ1) is 26.3. The minimum Gasteiger partial charge on any atom is -0.354 e. The van der Waals surface area contributed by atoms with E-state index in [2.05, 4.69) is 172 Å². The van der Waals surface area contributed by atoms with Crippen LogP contribution in [0.4, 0.5) is 0 Å². The average Bonchev–Trinajstić information content (AvgIpc) is 4.02. The molecule has 1 aromatic heterocycles. The summed E-state index contributed by atoms with van der Waals surface area (Å²) in [4.78, 5) is 19.7. The minimum absolute atomic E-state index is 0.657. The van der Waals surface area contributed by atoms with Gasteiger partial charge in [0, 0.05) is 44.8 Å². The summed E-state index contributed by atoms with van der Waals surface area (Å²) in [6, 6.07) is 41.0. The van der Waals surface area contributed by atoms with Crippen molar-refractivity contribution in [2.75, 3.05) is 0 Å². The van der Waals surface area contributed by atoms with Crippen molar-refractivity contribution in [3.8, 4) is 6.07 Å². The number of nitriles is 1. The van der Waals surface area contributed by atoms with E-state index >= 15 is 0 Å². The third kappa shape index (κ3) is 5.79. The summed E-state index contributed by atoms with van der Waals surface area (Å²) < 4.78 is 0. The average molecular weight is 696 g/mol. The van der Waals surface area contributed by atoms with Crippen molar-refractivity contribution in [3.05, 3.63) is 212 Å². The molecule has 5 aromatic rings. The molecular formula is C49H37N5. The van der Waals surface area contributed by atoms with Gasteiger partial charge in [0.15, 0.2) is 0 Å². The molecule has 0 fully saturated rings. The molecule has 5 nitrogen and oxygen atoms in total. The number of fused-ring (bicyclic) bond motifs is 6. The van der Waals surface area contributed by atoms with Crippen LogP contribution >= 0.6 is 0 Å². The van der Waals surface area contributed by atoms with E-state index in [4.69, 9.17) is 15.0 Å². The second-order valence-corrected chi connectivity index (χ2v) is 14.3. The van der Waals surface area contributed by atoms with Gasteiger partial charge in [-0.25, -0.2) is 9.98 Å². The molecule has 258 valence electrons. The number of nitrogens with one attached hydrogen (secondary N) is 1. The number of rotatable bonds is 4. The summed E-state index contributed by atoms with van der Waals surface area (Å²) in [5.74, 6) is -0.657. The van der Waals surface area contributed by atoms with E-state index in [0.717, 1.165) is 94.8 Å². The molecule has 0 saturated heterocycles. The first kappa shape index (κ1) is 33.0. The number of aromatic nitrogens is 1. The Morgan fingerprint density at radius 1 is 0.481 bits per heavy atom. The van der Waals surface area contributed by atoms with E-state index < -0.39 is 5.92 Å². The van der Waals surface area contributed by atoms with E-state index in [0.29, 0.717) is 5.71 Å². The zero-order valence-electron chi connectivity index (χ0n) is 30.6. The molecule has 1 N–H and O–H groups in total. The molecule has 1 atom stereocenters. The van der Waals surface area contributed by atoms with Crippen molar-refractivity contribution in [3.63, 3.8) is 0 Å². The zero-order chi connectivity index (χ0) is 36.9. The monoisotopic (exact) mass is 695 g/mol. The molecule has 9 rings (SSSR count). The van der Waals surface area contributed by atoms with Gasteiger partial charge in [0.05, 0.1) is 34.6 Å². The molecule has 8 bridgehead atoms. The van der Waals surface area contributed by atoms with Crippen LogP contribution in [0, 0.1) is 44.9 Å². The molecule has 4 aliphatic heterocycles. The number of nitrogens with zero attached hydrogens (tertiary/aromatic N) is 4. The van der Waals surface area contributed by atoms with Crippen molar-refractivity contribution >= 4 is 39.4 Å². The molecule has 0 saturated carbocycles. The summed E-state index contributed by atoms with van der Waals surface area (Å²) in [5, 5.41) is 13.0. The SMILES string of the molecule is Cc1ccc(C2=C3C=CC(=N3)C(c3ccc(C)cc3)=c3ccc([nH]3)=C(c3ccc(C)cc3)C3=NC(=C(c4ccc(C)cc4)C4=NC=C2C4C#N)C=C3)cc1. The van der Waals surface area contributed by atoms with Gasteiger partial charge in [0.2, 0.25) is 0 Å². The van der Waals surface area contributed by atoms with Gasteiger partial charge in [0.25, 0.3) is 0 Å². The van der Waals surface area contributed by atoms with Gasteiger partial charge in [-0.3, -0.25) is 4.99 Å². The fourth-order valence-electron chi connectivity index (χ4n) is 7.60. The van der Waals surface area contributed by atoms with Gasteiger partial charge in [-0.2, -0.15) is 5.26 Å². The molecule has 0 amide bonds. The summed E-state index contributed by atoms with van der Waals surface area (Å²) >= 11 is 0. The number of hydrogen-bond donors (Lipinski definition) is 1. The topological polar surface area (TPSA) is 76.7 Å². The summed E-state index contributed by atoms with van der Waals surface area (Å²) in [5.41, 5.74) is 17.2. The number of aromatic amines is 1. The maximum Gasteiger partial charge on any atom is 0.116 e. The highest BCUT2D eigenvalue weighted by Crippen LogP contribution is 2.42. The van der Waals surface area contributed by atoms with Crippen molar-refractivity contribution < 1.29 is 0 Å². The van der Waals surface area contributed by atoms with Crippen LogP contribution in [0.3, 0.4) is 0 Å². The molecule has 4 aliphatic rings. The fraction of sp³-hybridized carbons (Fsp3) is 0.102. The normalized spacial score (nSPS) is 17.5. The van der Waals surface area contributed by atoms with Gasteiger partial charge in [0.1, 0.15) is 5.92 Å². The van der Waals surface area contributed by atoms with Crippen molar-refractivity contribution in [2.24, 2.45) is 20.9 Å². The van der Waals surface area contributed by atoms with Gasteiger partial charge < -0.3 is 4.98 Å². The molecule has 5 heteroatoms.